The summed E-state index contributed by atoms with van der Waals surface area (Å²) in [6.07, 6.45) is -4.60. The van der Waals surface area contributed by atoms with Crippen LogP contribution in [0.25, 0.3) is 0 Å². The molecular formula is C18H17ClF3N3O4S. The number of hydrogen-bond donors (Lipinski definition) is 2. The van der Waals surface area contributed by atoms with Gasteiger partial charge in [0.2, 0.25) is 10.0 Å². The van der Waals surface area contributed by atoms with Gasteiger partial charge in [-0.05, 0) is 30.3 Å². The molecule has 0 aromatic heterocycles. The third kappa shape index (κ3) is 5.71. The molecule has 2 N–H and O–H groups in total. The highest BCUT2D eigenvalue weighted by Gasteiger charge is 2.28. The zero-order chi connectivity index (χ0) is 22.7. The van der Waals surface area contributed by atoms with Gasteiger partial charge in [0.15, 0.2) is 0 Å². The van der Waals surface area contributed by atoms with Gasteiger partial charge < -0.3 is 10.6 Å². The van der Waals surface area contributed by atoms with Crippen molar-refractivity contribution in [3.05, 3.63) is 58.6 Å². The molecule has 0 fully saturated rings. The number of carbonyl (C=O) groups is 2. The summed E-state index contributed by atoms with van der Waals surface area (Å²) in [7, 11) is -1.20. The first-order valence-corrected chi connectivity index (χ1v) is 10.1. The summed E-state index contributed by atoms with van der Waals surface area (Å²) in [5.74, 6) is -1.88. The summed E-state index contributed by atoms with van der Waals surface area (Å²) < 4.78 is 62.6. The number of benzene rings is 2. The lowest BCUT2D eigenvalue weighted by Crippen LogP contribution is -2.34. The van der Waals surface area contributed by atoms with Crippen molar-refractivity contribution in [3.63, 3.8) is 0 Å². The number of nitrogens with one attached hydrogen (secondary N) is 2. The standard InChI is InChI=1S/C18H17ClF3N3O4S/c1-25(2)30(28,29)11-7-8-14(19)13(9-11)17(27)24-15-6-4-3-5-12(15)16(26)23-10-18(20,21)22/h3-9H,10H2,1-2H3,(H,23,26)(H,24,27). The highest BCUT2D eigenvalue weighted by molar-refractivity contribution is 7.89. The van der Waals surface area contributed by atoms with E-state index in [9.17, 15) is 31.2 Å². The van der Waals surface area contributed by atoms with Crippen LogP contribution in [0, 0.1) is 0 Å². The fourth-order valence-corrected chi connectivity index (χ4v) is 3.44. The minimum absolute atomic E-state index is 0.0517. The molecule has 162 valence electrons. The Kier molecular flexibility index (Phi) is 7.11. The van der Waals surface area contributed by atoms with E-state index >= 15 is 0 Å². The van der Waals surface area contributed by atoms with Crippen molar-refractivity contribution >= 4 is 39.1 Å². The van der Waals surface area contributed by atoms with E-state index in [0.717, 1.165) is 10.4 Å². The highest BCUT2D eigenvalue weighted by atomic mass is 35.5. The SMILES string of the molecule is CN(C)S(=O)(=O)c1ccc(Cl)c(C(=O)Nc2ccccc2C(=O)NCC(F)(F)F)c1. The average molecular weight is 464 g/mol. The summed E-state index contributed by atoms with van der Waals surface area (Å²) in [5.41, 5.74) is -0.465. The maximum atomic E-state index is 12.7. The number of anilines is 1. The number of para-hydroxylation sites is 1. The van der Waals surface area contributed by atoms with Crippen LogP contribution in [0.1, 0.15) is 20.7 Å². The summed E-state index contributed by atoms with van der Waals surface area (Å²) in [4.78, 5) is 24.6. The second-order valence-corrected chi connectivity index (χ2v) is 8.79. The number of halogens is 4. The third-order valence-electron chi connectivity index (χ3n) is 3.83. The van der Waals surface area contributed by atoms with Crippen LogP contribution in [0.5, 0.6) is 0 Å². The molecule has 0 aliphatic carbocycles. The van der Waals surface area contributed by atoms with Gasteiger partial charge in [0.05, 0.1) is 26.7 Å². The van der Waals surface area contributed by atoms with Crippen molar-refractivity contribution in [3.8, 4) is 0 Å². The first kappa shape index (κ1) is 23.6. The second-order valence-electron chi connectivity index (χ2n) is 6.23. The van der Waals surface area contributed by atoms with Gasteiger partial charge in [0.1, 0.15) is 6.54 Å². The van der Waals surface area contributed by atoms with E-state index in [1.54, 1.807) is 5.32 Å². The summed E-state index contributed by atoms with van der Waals surface area (Å²) in [5, 5.41) is 4.05. The van der Waals surface area contributed by atoms with Crippen molar-refractivity contribution in [1.29, 1.82) is 0 Å². The Balaban J connectivity index is 2.33. The molecule has 0 radical (unpaired) electrons. The van der Waals surface area contributed by atoms with E-state index < -0.39 is 34.6 Å². The Morgan fingerprint density at radius 1 is 1.03 bits per heavy atom. The van der Waals surface area contributed by atoms with Gasteiger partial charge >= 0.3 is 6.18 Å². The first-order valence-electron chi connectivity index (χ1n) is 8.30. The molecule has 2 aromatic carbocycles. The fourth-order valence-electron chi connectivity index (χ4n) is 2.31. The lowest BCUT2D eigenvalue weighted by atomic mass is 10.1. The molecule has 0 saturated heterocycles. The summed E-state index contributed by atoms with van der Waals surface area (Å²) in [6, 6.07) is 8.95. The smallest absolute Gasteiger partial charge is 0.343 e. The van der Waals surface area contributed by atoms with E-state index in [-0.39, 0.29) is 26.7 Å². The minimum atomic E-state index is -4.60. The number of nitrogens with zero attached hydrogens (tertiary/aromatic N) is 1. The normalized spacial score (nSPS) is 12.0. The van der Waals surface area contributed by atoms with E-state index in [4.69, 9.17) is 11.6 Å². The molecule has 7 nitrogen and oxygen atoms in total. The van der Waals surface area contributed by atoms with Crippen molar-refractivity contribution in [2.75, 3.05) is 26.0 Å². The zero-order valence-electron chi connectivity index (χ0n) is 15.7. The Morgan fingerprint density at radius 2 is 1.67 bits per heavy atom. The monoisotopic (exact) mass is 463 g/mol. The fraction of sp³-hybridized carbons (Fsp3) is 0.222. The van der Waals surface area contributed by atoms with Crippen LogP contribution in [0.15, 0.2) is 47.4 Å². The van der Waals surface area contributed by atoms with E-state index in [2.05, 4.69) is 5.32 Å². The Labute approximate surface area is 175 Å². The molecule has 2 rings (SSSR count). The van der Waals surface area contributed by atoms with Crippen LogP contribution in [-0.4, -0.2) is 51.4 Å². The van der Waals surface area contributed by atoms with Crippen LogP contribution in [0.4, 0.5) is 18.9 Å². The largest absolute Gasteiger partial charge is 0.405 e. The predicted octanol–water partition coefficient (Wildman–Crippen LogP) is 3.13. The highest BCUT2D eigenvalue weighted by Crippen LogP contribution is 2.24. The van der Waals surface area contributed by atoms with Crippen LogP contribution in [0.2, 0.25) is 5.02 Å². The van der Waals surface area contributed by atoms with Crippen molar-refractivity contribution < 1.29 is 31.2 Å². The second kappa shape index (κ2) is 9.02. The Bertz CT molecular complexity index is 1070. The number of hydrogen-bond acceptors (Lipinski definition) is 4. The Morgan fingerprint density at radius 3 is 2.27 bits per heavy atom. The minimum Gasteiger partial charge on any atom is -0.343 e. The Hall–Kier alpha value is -2.63. The van der Waals surface area contributed by atoms with Gasteiger partial charge in [-0.1, -0.05) is 23.7 Å². The van der Waals surface area contributed by atoms with Crippen LogP contribution in [0.3, 0.4) is 0 Å². The molecule has 2 amide bonds. The van der Waals surface area contributed by atoms with Crippen molar-refractivity contribution in [2.24, 2.45) is 0 Å². The molecule has 0 saturated carbocycles. The number of sulfonamides is 1. The average Bonchev–Trinajstić information content (AvgIpc) is 2.66. The molecule has 12 heteroatoms. The van der Waals surface area contributed by atoms with Crippen LogP contribution >= 0.6 is 11.6 Å². The van der Waals surface area contributed by atoms with Gasteiger partial charge in [-0.2, -0.15) is 13.2 Å². The summed E-state index contributed by atoms with van der Waals surface area (Å²) >= 11 is 6.02. The molecule has 0 unspecified atom stereocenters. The molecule has 0 spiro atoms. The predicted molar refractivity (Wildman–Crippen MR) is 105 cm³/mol. The zero-order valence-corrected chi connectivity index (χ0v) is 17.3. The molecule has 0 bridgehead atoms. The third-order valence-corrected chi connectivity index (χ3v) is 5.97. The number of rotatable bonds is 6. The van der Waals surface area contributed by atoms with Gasteiger partial charge in [0.25, 0.3) is 11.8 Å². The molecule has 30 heavy (non-hydrogen) atoms. The first-order chi connectivity index (χ1) is 13.8. The lowest BCUT2D eigenvalue weighted by Gasteiger charge is -2.15. The van der Waals surface area contributed by atoms with E-state index in [0.29, 0.717) is 0 Å². The van der Waals surface area contributed by atoms with Gasteiger partial charge in [-0.15, -0.1) is 0 Å². The van der Waals surface area contributed by atoms with Crippen LogP contribution in [-0.2, 0) is 10.0 Å². The molecule has 0 aliphatic heterocycles. The molecular weight excluding hydrogens is 447 g/mol. The number of carbonyl (C=O) groups excluding carboxylic acids is 2. The van der Waals surface area contributed by atoms with Gasteiger partial charge in [-0.3, -0.25) is 9.59 Å². The molecule has 0 atom stereocenters. The van der Waals surface area contributed by atoms with Crippen molar-refractivity contribution in [2.45, 2.75) is 11.1 Å². The van der Waals surface area contributed by atoms with Crippen LogP contribution < -0.4 is 10.6 Å². The maximum Gasteiger partial charge on any atom is 0.405 e. The maximum absolute atomic E-state index is 12.7. The molecule has 0 heterocycles. The van der Waals surface area contributed by atoms with Crippen molar-refractivity contribution in [1.82, 2.24) is 9.62 Å². The lowest BCUT2D eigenvalue weighted by molar-refractivity contribution is -0.123. The topological polar surface area (TPSA) is 95.6 Å². The van der Waals surface area contributed by atoms with Gasteiger partial charge in [-0.25, -0.2) is 12.7 Å². The van der Waals surface area contributed by atoms with E-state index in [1.807, 2.05) is 0 Å². The number of alkyl halides is 3. The summed E-state index contributed by atoms with van der Waals surface area (Å²) in [6.45, 7) is -1.54. The van der Waals surface area contributed by atoms with E-state index in [1.165, 1.54) is 50.5 Å². The molecule has 2 aromatic rings. The molecule has 0 aliphatic rings. The van der Waals surface area contributed by atoms with Gasteiger partial charge in [0, 0.05) is 14.1 Å². The number of amides is 2. The quantitative estimate of drug-likeness (QED) is 0.688.